The van der Waals surface area contributed by atoms with Crippen LogP contribution in [0.4, 0.5) is 5.69 Å². The summed E-state index contributed by atoms with van der Waals surface area (Å²) in [6, 6.07) is 14.1. The van der Waals surface area contributed by atoms with Gasteiger partial charge in [-0.3, -0.25) is 9.36 Å². The fourth-order valence-electron chi connectivity index (χ4n) is 3.02. The van der Waals surface area contributed by atoms with Crippen LogP contribution in [0.2, 0.25) is 5.02 Å². The first kappa shape index (κ1) is 19.7. The average molecular weight is 424 g/mol. The normalized spacial score (nSPS) is 10.9. The molecular formula is C21H18ClN5O3. The fourth-order valence-corrected chi connectivity index (χ4v) is 3.15. The molecule has 9 heteroatoms. The van der Waals surface area contributed by atoms with E-state index in [2.05, 4.69) is 15.0 Å². The molecule has 1 amide bonds. The summed E-state index contributed by atoms with van der Waals surface area (Å²) in [5, 5.41) is 0.602. The maximum absolute atomic E-state index is 12.8. The number of ether oxygens (including phenoxy) is 1. The summed E-state index contributed by atoms with van der Waals surface area (Å²) >= 11 is 5.94. The van der Waals surface area contributed by atoms with Gasteiger partial charge in [-0.15, -0.1) is 0 Å². The van der Waals surface area contributed by atoms with Crippen LogP contribution in [0.25, 0.3) is 22.6 Å². The number of aromatic amines is 1. The number of nitrogens with one attached hydrogen (secondary N) is 1. The molecule has 0 spiro atoms. The number of amides is 1. The number of likely N-dealkylation sites (N-methyl/N-ethyl adjacent to an activating group) is 1. The van der Waals surface area contributed by atoms with Gasteiger partial charge in [0.05, 0.1) is 13.3 Å². The van der Waals surface area contributed by atoms with E-state index in [9.17, 15) is 9.59 Å². The van der Waals surface area contributed by atoms with Gasteiger partial charge in [0, 0.05) is 23.3 Å². The molecule has 2 heterocycles. The Labute approximate surface area is 176 Å². The van der Waals surface area contributed by atoms with Crippen molar-refractivity contribution in [3.05, 3.63) is 70.2 Å². The quantitative estimate of drug-likeness (QED) is 0.532. The van der Waals surface area contributed by atoms with Crippen molar-refractivity contribution in [3.8, 4) is 17.1 Å². The van der Waals surface area contributed by atoms with Crippen LogP contribution in [0.1, 0.15) is 0 Å². The minimum atomic E-state index is -0.427. The Hall–Kier alpha value is -3.65. The lowest BCUT2D eigenvalue weighted by Gasteiger charge is -2.17. The Morgan fingerprint density at radius 1 is 1.17 bits per heavy atom. The molecular weight excluding hydrogens is 406 g/mol. The van der Waals surface area contributed by atoms with Crippen LogP contribution in [0, 0.1) is 0 Å². The van der Waals surface area contributed by atoms with Gasteiger partial charge in [-0.1, -0.05) is 11.6 Å². The molecule has 2 aromatic heterocycles. The Morgan fingerprint density at radius 3 is 2.53 bits per heavy atom. The van der Waals surface area contributed by atoms with Crippen LogP contribution in [-0.2, 0) is 11.3 Å². The molecule has 0 aliphatic heterocycles. The van der Waals surface area contributed by atoms with E-state index >= 15 is 0 Å². The lowest BCUT2D eigenvalue weighted by atomic mass is 10.2. The first-order chi connectivity index (χ1) is 14.5. The monoisotopic (exact) mass is 423 g/mol. The fraction of sp³-hybridized carbons (Fsp3) is 0.143. The van der Waals surface area contributed by atoms with Crippen molar-refractivity contribution in [2.24, 2.45) is 0 Å². The zero-order valence-corrected chi connectivity index (χ0v) is 17.1. The SMILES string of the molecule is COc1ccc(N(C)C(=O)Cn2c(=O)[nH]c3cnc(-c4ccc(Cl)cc4)nc32)cc1. The highest BCUT2D eigenvalue weighted by Gasteiger charge is 2.17. The second kappa shape index (κ2) is 8.00. The summed E-state index contributed by atoms with van der Waals surface area (Å²) in [4.78, 5) is 38.2. The number of imidazole rings is 1. The van der Waals surface area contributed by atoms with E-state index in [1.165, 1.54) is 15.7 Å². The zero-order chi connectivity index (χ0) is 21.3. The van der Waals surface area contributed by atoms with E-state index in [0.29, 0.717) is 33.4 Å². The van der Waals surface area contributed by atoms with Gasteiger partial charge in [-0.25, -0.2) is 14.8 Å². The number of carbonyl (C=O) groups is 1. The van der Waals surface area contributed by atoms with Crippen molar-refractivity contribution in [1.29, 1.82) is 0 Å². The van der Waals surface area contributed by atoms with Crippen molar-refractivity contribution in [2.45, 2.75) is 6.54 Å². The number of benzene rings is 2. The molecule has 0 fully saturated rings. The van der Waals surface area contributed by atoms with Crippen LogP contribution in [0.3, 0.4) is 0 Å². The third-order valence-electron chi connectivity index (χ3n) is 4.74. The van der Waals surface area contributed by atoms with Crippen LogP contribution in [0.15, 0.2) is 59.5 Å². The Morgan fingerprint density at radius 2 is 1.87 bits per heavy atom. The predicted molar refractivity (Wildman–Crippen MR) is 115 cm³/mol. The number of rotatable bonds is 5. The van der Waals surface area contributed by atoms with Crippen molar-refractivity contribution < 1.29 is 9.53 Å². The van der Waals surface area contributed by atoms with Gasteiger partial charge in [0.15, 0.2) is 11.5 Å². The molecule has 0 aliphatic carbocycles. The Balaban J connectivity index is 1.65. The lowest BCUT2D eigenvalue weighted by molar-refractivity contribution is -0.118. The third kappa shape index (κ3) is 3.77. The first-order valence-corrected chi connectivity index (χ1v) is 9.46. The summed E-state index contributed by atoms with van der Waals surface area (Å²) < 4.78 is 6.44. The van der Waals surface area contributed by atoms with Crippen LogP contribution in [0.5, 0.6) is 5.75 Å². The van der Waals surface area contributed by atoms with E-state index in [4.69, 9.17) is 16.3 Å². The van der Waals surface area contributed by atoms with E-state index in [1.54, 1.807) is 62.7 Å². The van der Waals surface area contributed by atoms with Gasteiger partial charge in [0.25, 0.3) is 0 Å². The summed E-state index contributed by atoms with van der Waals surface area (Å²) in [5.74, 6) is 0.858. The summed E-state index contributed by atoms with van der Waals surface area (Å²) in [6.45, 7) is -0.168. The second-order valence-electron chi connectivity index (χ2n) is 6.60. The molecule has 2 aromatic carbocycles. The van der Waals surface area contributed by atoms with E-state index in [-0.39, 0.29) is 12.5 Å². The highest BCUT2D eigenvalue weighted by molar-refractivity contribution is 6.30. The number of fused-ring (bicyclic) bond motifs is 1. The molecule has 152 valence electrons. The third-order valence-corrected chi connectivity index (χ3v) is 4.99. The standard InChI is InChI=1S/C21H18ClN5O3/c1-26(15-7-9-16(30-2)10-8-15)18(28)12-27-20-17(24-21(27)29)11-23-19(25-20)13-3-5-14(22)6-4-13/h3-11H,12H2,1-2H3,(H,24,29). The van der Waals surface area contributed by atoms with Gasteiger partial charge in [0.1, 0.15) is 17.8 Å². The molecule has 0 aliphatic rings. The minimum Gasteiger partial charge on any atom is -0.497 e. The van der Waals surface area contributed by atoms with Crippen LogP contribution in [-0.4, -0.2) is 39.6 Å². The molecule has 8 nitrogen and oxygen atoms in total. The minimum absolute atomic E-state index is 0.168. The van der Waals surface area contributed by atoms with Gasteiger partial charge in [0.2, 0.25) is 5.91 Å². The Kier molecular flexibility index (Phi) is 5.24. The highest BCUT2D eigenvalue weighted by Crippen LogP contribution is 2.21. The van der Waals surface area contributed by atoms with Gasteiger partial charge in [-0.2, -0.15) is 0 Å². The number of nitrogens with zero attached hydrogens (tertiary/aromatic N) is 4. The summed E-state index contributed by atoms with van der Waals surface area (Å²) in [7, 11) is 3.23. The molecule has 0 bridgehead atoms. The molecule has 0 saturated heterocycles. The zero-order valence-electron chi connectivity index (χ0n) is 16.3. The predicted octanol–water partition coefficient (Wildman–Crippen LogP) is 3.11. The molecule has 0 saturated carbocycles. The van der Waals surface area contributed by atoms with Crippen molar-refractivity contribution in [2.75, 3.05) is 19.1 Å². The second-order valence-corrected chi connectivity index (χ2v) is 7.04. The van der Waals surface area contributed by atoms with Gasteiger partial charge >= 0.3 is 5.69 Å². The molecule has 1 N–H and O–H groups in total. The number of anilines is 1. The molecule has 4 rings (SSSR count). The summed E-state index contributed by atoms with van der Waals surface area (Å²) in [5.41, 5.74) is 1.83. The average Bonchev–Trinajstić information content (AvgIpc) is 3.08. The Bertz CT molecular complexity index is 1260. The van der Waals surface area contributed by atoms with E-state index in [1.807, 2.05) is 0 Å². The molecule has 0 radical (unpaired) electrons. The van der Waals surface area contributed by atoms with Gasteiger partial charge < -0.3 is 14.6 Å². The number of methoxy groups -OCH3 is 1. The number of aromatic nitrogens is 4. The largest absolute Gasteiger partial charge is 0.497 e. The smallest absolute Gasteiger partial charge is 0.328 e. The number of H-pyrrole nitrogens is 1. The van der Waals surface area contributed by atoms with Crippen LogP contribution < -0.4 is 15.3 Å². The molecule has 30 heavy (non-hydrogen) atoms. The van der Waals surface area contributed by atoms with Crippen molar-refractivity contribution in [3.63, 3.8) is 0 Å². The van der Waals surface area contributed by atoms with E-state index < -0.39 is 5.69 Å². The molecule has 0 atom stereocenters. The van der Waals surface area contributed by atoms with E-state index in [0.717, 1.165) is 5.56 Å². The number of hydrogen-bond donors (Lipinski definition) is 1. The maximum Gasteiger partial charge on any atom is 0.328 e. The number of carbonyl (C=O) groups excluding carboxylic acids is 1. The number of hydrogen-bond acceptors (Lipinski definition) is 5. The van der Waals surface area contributed by atoms with Crippen LogP contribution >= 0.6 is 11.6 Å². The molecule has 0 unspecified atom stereocenters. The first-order valence-electron chi connectivity index (χ1n) is 9.08. The lowest BCUT2D eigenvalue weighted by Crippen LogP contribution is -2.33. The van der Waals surface area contributed by atoms with Crippen molar-refractivity contribution >= 4 is 34.4 Å². The highest BCUT2D eigenvalue weighted by atomic mass is 35.5. The topological polar surface area (TPSA) is 93.1 Å². The maximum atomic E-state index is 12.8. The molecule has 4 aromatic rings. The summed E-state index contributed by atoms with van der Waals surface area (Å²) in [6.07, 6.45) is 1.53. The number of halogens is 1. The van der Waals surface area contributed by atoms with Gasteiger partial charge in [-0.05, 0) is 48.5 Å². The van der Waals surface area contributed by atoms with Crippen molar-refractivity contribution in [1.82, 2.24) is 19.5 Å².